The molecule has 5 nitrogen and oxygen atoms in total. The lowest BCUT2D eigenvalue weighted by molar-refractivity contribution is 0.0280. The van der Waals surface area contributed by atoms with Crippen LogP contribution in [-0.2, 0) is 0 Å². The molecule has 92 valence electrons. The summed E-state index contributed by atoms with van der Waals surface area (Å²) in [6, 6.07) is 2.02. The van der Waals surface area contributed by atoms with Crippen LogP contribution in [0.25, 0.3) is 0 Å². The van der Waals surface area contributed by atoms with Crippen LogP contribution in [0.15, 0.2) is 10.6 Å². The number of aliphatic hydroxyl groups excluding tert-OH is 1. The summed E-state index contributed by atoms with van der Waals surface area (Å²) in [7, 11) is 0. The Morgan fingerprint density at radius 3 is 2.65 bits per heavy atom. The summed E-state index contributed by atoms with van der Waals surface area (Å²) >= 11 is 0. The van der Waals surface area contributed by atoms with Crippen LogP contribution >= 0.6 is 0 Å². The molecule has 2 unspecified atom stereocenters. The van der Waals surface area contributed by atoms with Gasteiger partial charge in [0.25, 0.3) is 5.91 Å². The Labute approximate surface area is 99.4 Å². The molecule has 2 saturated heterocycles. The number of piperidine rings is 1. The molecule has 2 aliphatic heterocycles. The minimum absolute atomic E-state index is 0.0544. The smallest absolute Gasteiger partial charge is 0.276 e. The first-order valence-electron chi connectivity index (χ1n) is 6.09. The van der Waals surface area contributed by atoms with Gasteiger partial charge in [0.05, 0.1) is 6.10 Å². The van der Waals surface area contributed by atoms with Gasteiger partial charge >= 0.3 is 0 Å². The third-order valence-electron chi connectivity index (χ3n) is 3.79. The minimum atomic E-state index is -0.254. The van der Waals surface area contributed by atoms with Gasteiger partial charge < -0.3 is 14.5 Å². The molecule has 17 heavy (non-hydrogen) atoms. The van der Waals surface area contributed by atoms with Crippen LogP contribution in [0.3, 0.4) is 0 Å². The summed E-state index contributed by atoms with van der Waals surface area (Å²) in [5.74, 6) is 0.596. The molecule has 0 spiro atoms. The number of hydrogen-bond acceptors (Lipinski definition) is 4. The predicted molar refractivity (Wildman–Crippen MR) is 59.5 cm³/mol. The third-order valence-corrected chi connectivity index (χ3v) is 3.79. The molecule has 0 aliphatic carbocycles. The van der Waals surface area contributed by atoms with E-state index in [0.29, 0.717) is 24.3 Å². The van der Waals surface area contributed by atoms with Gasteiger partial charge in [0, 0.05) is 18.2 Å². The number of hydrogen-bond donors (Lipinski definition) is 1. The van der Waals surface area contributed by atoms with Gasteiger partial charge in [-0.3, -0.25) is 4.79 Å². The Bertz CT molecular complexity index is 429. The summed E-state index contributed by atoms with van der Waals surface area (Å²) < 4.78 is 4.94. The molecule has 0 saturated carbocycles. The molecule has 2 aliphatic rings. The highest BCUT2D eigenvalue weighted by Crippen LogP contribution is 2.36. The minimum Gasteiger partial charge on any atom is -0.393 e. The van der Waals surface area contributed by atoms with Gasteiger partial charge in [0.1, 0.15) is 5.76 Å². The van der Waals surface area contributed by atoms with E-state index in [4.69, 9.17) is 4.52 Å². The zero-order chi connectivity index (χ0) is 12.0. The molecule has 5 heteroatoms. The van der Waals surface area contributed by atoms with E-state index in [1.807, 2.05) is 4.90 Å². The van der Waals surface area contributed by atoms with E-state index in [-0.39, 0.29) is 24.1 Å². The summed E-state index contributed by atoms with van der Waals surface area (Å²) in [5.41, 5.74) is 0.385. The van der Waals surface area contributed by atoms with E-state index in [0.717, 1.165) is 12.8 Å². The monoisotopic (exact) mass is 236 g/mol. The average Bonchev–Trinajstić information content (AvgIpc) is 2.81. The van der Waals surface area contributed by atoms with Crippen molar-refractivity contribution >= 4 is 5.91 Å². The van der Waals surface area contributed by atoms with Crippen LogP contribution in [0.2, 0.25) is 0 Å². The largest absolute Gasteiger partial charge is 0.393 e. The fourth-order valence-electron chi connectivity index (χ4n) is 3.08. The third kappa shape index (κ3) is 1.74. The average molecular weight is 236 g/mol. The molecule has 1 N–H and O–H groups in total. The lowest BCUT2D eigenvalue weighted by Crippen LogP contribution is -2.48. The maximum Gasteiger partial charge on any atom is 0.276 e. The van der Waals surface area contributed by atoms with E-state index >= 15 is 0 Å². The van der Waals surface area contributed by atoms with E-state index in [2.05, 4.69) is 5.16 Å². The van der Waals surface area contributed by atoms with Gasteiger partial charge in [-0.05, 0) is 32.6 Å². The number of carbonyl (C=O) groups excluding carboxylic acids is 1. The van der Waals surface area contributed by atoms with Crippen molar-refractivity contribution in [3.05, 3.63) is 17.5 Å². The van der Waals surface area contributed by atoms with Crippen molar-refractivity contribution in [2.45, 2.75) is 50.8 Å². The van der Waals surface area contributed by atoms with Crippen LogP contribution in [0, 0.1) is 6.92 Å². The van der Waals surface area contributed by atoms with Crippen molar-refractivity contribution < 1.29 is 14.4 Å². The molecular weight excluding hydrogens is 220 g/mol. The molecule has 3 rings (SSSR count). The van der Waals surface area contributed by atoms with Crippen LogP contribution in [-0.4, -0.2) is 39.3 Å². The molecule has 2 bridgehead atoms. The van der Waals surface area contributed by atoms with Crippen LogP contribution < -0.4 is 0 Å². The number of aromatic nitrogens is 1. The fraction of sp³-hybridized carbons (Fsp3) is 0.667. The van der Waals surface area contributed by atoms with Crippen LogP contribution in [0.4, 0.5) is 0 Å². The molecule has 1 amide bonds. The molecule has 0 radical (unpaired) electrons. The Morgan fingerprint density at radius 2 is 2.12 bits per heavy atom. The first kappa shape index (κ1) is 10.8. The Hall–Kier alpha value is -1.36. The number of aryl methyl sites for hydroxylation is 1. The highest BCUT2D eigenvalue weighted by atomic mass is 16.5. The second-order valence-electron chi connectivity index (χ2n) is 5.05. The molecule has 3 heterocycles. The van der Waals surface area contributed by atoms with Crippen molar-refractivity contribution in [1.82, 2.24) is 10.1 Å². The first-order chi connectivity index (χ1) is 8.15. The maximum atomic E-state index is 12.3. The molecule has 2 fully saturated rings. The lowest BCUT2D eigenvalue weighted by Gasteiger charge is -2.36. The number of nitrogens with zero attached hydrogens (tertiary/aromatic N) is 2. The van der Waals surface area contributed by atoms with E-state index < -0.39 is 0 Å². The lowest BCUT2D eigenvalue weighted by atomic mass is 9.99. The molecule has 2 atom stereocenters. The number of rotatable bonds is 1. The molecule has 0 aromatic carbocycles. The standard InChI is InChI=1S/C12H16N2O3/c1-7-4-11(13-17-7)12(16)14-8-2-3-9(14)6-10(15)5-8/h4,8-10,15H,2-3,5-6H2,1H3. The fourth-order valence-corrected chi connectivity index (χ4v) is 3.08. The van der Waals surface area contributed by atoms with Crippen LogP contribution in [0.5, 0.6) is 0 Å². The highest BCUT2D eigenvalue weighted by Gasteiger charge is 2.43. The van der Waals surface area contributed by atoms with Gasteiger partial charge in [0.15, 0.2) is 5.69 Å². The normalized spacial score (nSPS) is 31.9. The number of carbonyl (C=O) groups is 1. The summed E-state index contributed by atoms with van der Waals surface area (Å²) in [4.78, 5) is 14.2. The summed E-state index contributed by atoms with van der Waals surface area (Å²) in [6.45, 7) is 1.78. The quantitative estimate of drug-likeness (QED) is 0.793. The zero-order valence-corrected chi connectivity index (χ0v) is 9.80. The van der Waals surface area contributed by atoms with Crippen molar-refractivity contribution in [2.75, 3.05) is 0 Å². The summed E-state index contributed by atoms with van der Waals surface area (Å²) in [6.07, 6.45) is 3.11. The van der Waals surface area contributed by atoms with E-state index in [9.17, 15) is 9.90 Å². The first-order valence-corrected chi connectivity index (χ1v) is 6.09. The van der Waals surface area contributed by atoms with Gasteiger partial charge in [-0.2, -0.15) is 0 Å². The molecular formula is C12H16N2O3. The number of aliphatic hydroxyl groups is 1. The van der Waals surface area contributed by atoms with E-state index in [1.54, 1.807) is 13.0 Å². The Morgan fingerprint density at radius 1 is 1.47 bits per heavy atom. The SMILES string of the molecule is Cc1cc(C(=O)N2C3CCC2CC(O)C3)no1. The van der Waals surface area contributed by atoms with Gasteiger partial charge in [-0.25, -0.2) is 0 Å². The maximum absolute atomic E-state index is 12.3. The highest BCUT2D eigenvalue weighted by molar-refractivity contribution is 5.93. The van der Waals surface area contributed by atoms with Crippen molar-refractivity contribution in [3.63, 3.8) is 0 Å². The zero-order valence-electron chi connectivity index (χ0n) is 9.80. The summed E-state index contributed by atoms with van der Waals surface area (Å²) in [5, 5.41) is 13.5. The van der Waals surface area contributed by atoms with Crippen molar-refractivity contribution in [2.24, 2.45) is 0 Å². The van der Waals surface area contributed by atoms with Gasteiger partial charge in [-0.15, -0.1) is 0 Å². The Balaban J connectivity index is 1.83. The van der Waals surface area contributed by atoms with Crippen LogP contribution in [0.1, 0.15) is 41.9 Å². The van der Waals surface area contributed by atoms with Gasteiger partial charge in [-0.1, -0.05) is 5.16 Å². The molecule has 1 aromatic rings. The van der Waals surface area contributed by atoms with Crippen molar-refractivity contribution in [3.8, 4) is 0 Å². The molecule has 1 aromatic heterocycles. The predicted octanol–water partition coefficient (Wildman–Crippen LogP) is 1.11. The van der Waals surface area contributed by atoms with Crippen molar-refractivity contribution in [1.29, 1.82) is 0 Å². The number of amides is 1. The number of fused-ring (bicyclic) bond motifs is 2. The second kappa shape index (κ2) is 3.84. The Kier molecular flexibility index (Phi) is 2.43. The van der Waals surface area contributed by atoms with Gasteiger partial charge in [0.2, 0.25) is 0 Å². The van der Waals surface area contributed by atoms with E-state index in [1.165, 1.54) is 0 Å². The topological polar surface area (TPSA) is 66.6 Å². The second-order valence-corrected chi connectivity index (χ2v) is 5.05.